The molecule has 0 unspecified atom stereocenters. The topological polar surface area (TPSA) is 55.5 Å². The van der Waals surface area contributed by atoms with E-state index in [2.05, 4.69) is 0 Å². The first-order chi connectivity index (χ1) is 7.11. The fourth-order valence-electron chi connectivity index (χ4n) is 1.34. The van der Waals surface area contributed by atoms with Crippen molar-refractivity contribution in [2.24, 2.45) is 5.73 Å². The van der Waals surface area contributed by atoms with E-state index in [9.17, 15) is 9.50 Å². The molecule has 0 aliphatic heterocycles. The molecule has 0 aliphatic rings. The molecule has 3 N–H and O–H groups in total. The molecule has 15 heavy (non-hydrogen) atoms. The fourth-order valence-corrected chi connectivity index (χ4v) is 1.55. The molecule has 0 aliphatic carbocycles. The van der Waals surface area contributed by atoms with Gasteiger partial charge >= 0.3 is 0 Å². The molecule has 0 heterocycles. The van der Waals surface area contributed by atoms with Crippen molar-refractivity contribution in [1.29, 1.82) is 0 Å². The molecular weight excluding hydrogens is 221 g/mol. The lowest BCUT2D eigenvalue weighted by atomic mass is 10.1. The lowest BCUT2D eigenvalue weighted by molar-refractivity contribution is 0.360. The van der Waals surface area contributed by atoms with Crippen LogP contribution in [-0.4, -0.2) is 18.8 Å². The Kier molecular flexibility index (Phi) is 4.17. The highest BCUT2D eigenvalue weighted by Gasteiger charge is 2.17. The summed E-state index contributed by atoms with van der Waals surface area (Å²) in [7, 11) is 1.34. The highest BCUT2D eigenvalue weighted by molar-refractivity contribution is 6.32. The van der Waals surface area contributed by atoms with Gasteiger partial charge in [-0.1, -0.05) is 11.6 Å². The zero-order valence-electron chi connectivity index (χ0n) is 8.39. The van der Waals surface area contributed by atoms with Crippen molar-refractivity contribution in [2.45, 2.75) is 12.8 Å². The summed E-state index contributed by atoms with van der Waals surface area (Å²) in [4.78, 5) is 0. The van der Waals surface area contributed by atoms with E-state index in [-0.39, 0.29) is 10.8 Å². The summed E-state index contributed by atoms with van der Waals surface area (Å²) in [6.07, 6.45) is 1.27. The molecule has 0 spiro atoms. The molecule has 1 aromatic carbocycles. The molecule has 5 heteroatoms. The van der Waals surface area contributed by atoms with Gasteiger partial charge in [0, 0.05) is 0 Å². The van der Waals surface area contributed by atoms with Crippen LogP contribution in [0.3, 0.4) is 0 Å². The molecule has 0 atom stereocenters. The number of aromatic hydroxyl groups is 1. The van der Waals surface area contributed by atoms with E-state index in [4.69, 9.17) is 22.1 Å². The predicted molar refractivity (Wildman–Crippen MR) is 57.0 cm³/mol. The van der Waals surface area contributed by atoms with Gasteiger partial charge in [-0.25, -0.2) is 0 Å². The molecule has 1 aromatic rings. The summed E-state index contributed by atoms with van der Waals surface area (Å²) < 4.78 is 18.3. The normalized spacial score (nSPS) is 10.4. The van der Waals surface area contributed by atoms with Crippen LogP contribution in [0, 0.1) is 5.82 Å². The largest absolute Gasteiger partial charge is 0.504 e. The van der Waals surface area contributed by atoms with E-state index >= 15 is 0 Å². The average molecular weight is 234 g/mol. The molecule has 0 saturated carbocycles. The highest BCUT2D eigenvalue weighted by Crippen LogP contribution is 2.36. The van der Waals surface area contributed by atoms with Gasteiger partial charge in [-0.3, -0.25) is 0 Å². The van der Waals surface area contributed by atoms with Crippen LogP contribution in [-0.2, 0) is 6.42 Å². The maximum absolute atomic E-state index is 13.5. The van der Waals surface area contributed by atoms with E-state index in [1.54, 1.807) is 0 Å². The number of benzene rings is 1. The van der Waals surface area contributed by atoms with E-state index in [1.165, 1.54) is 13.2 Å². The van der Waals surface area contributed by atoms with Crippen LogP contribution in [0.5, 0.6) is 11.5 Å². The van der Waals surface area contributed by atoms with Crippen LogP contribution in [0.1, 0.15) is 12.0 Å². The van der Waals surface area contributed by atoms with Crippen LogP contribution in [0.25, 0.3) is 0 Å². The molecule has 0 amide bonds. The van der Waals surface area contributed by atoms with E-state index in [1.807, 2.05) is 0 Å². The fraction of sp³-hybridized carbons (Fsp3) is 0.400. The number of methoxy groups -OCH3 is 1. The van der Waals surface area contributed by atoms with Crippen LogP contribution in [0.2, 0.25) is 5.02 Å². The minimum absolute atomic E-state index is 0.0136. The maximum Gasteiger partial charge on any atom is 0.208 e. The molecule has 3 nitrogen and oxygen atoms in total. The summed E-state index contributed by atoms with van der Waals surface area (Å²) in [6, 6.07) is 1.49. The number of phenols is 1. The maximum atomic E-state index is 13.5. The molecule has 84 valence electrons. The quantitative estimate of drug-likeness (QED) is 0.837. The van der Waals surface area contributed by atoms with Crippen molar-refractivity contribution >= 4 is 11.6 Å². The zero-order chi connectivity index (χ0) is 11.4. The van der Waals surface area contributed by atoms with Crippen LogP contribution < -0.4 is 10.5 Å². The highest BCUT2D eigenvalue weighted by atomic mass is 35.5. The lowest BCUT2D eigenvalue weighted by Crippen LogP contribution is -2.03. The van der Waals surface area contributed by atoms with Crippen molar-refractivity contribution in [2.75, 3.05) is 13.7 Å². The van der Waals surface area contributed by atoms with Gasteiger partial charge in [-0.15, -0.1) is 0 Å². The lowest BCUT2D eigenvalue weighted by Gasteiger charge is -2.11. The molecule has 0 bridgehead atoms. The smallest absolute Gasteiger partial charge is 0.208 e. The van der Waals surface area contributed by atoms with Gasteiger partial charge in [0.25, 0.3) is 0 Å². The molecule has 1 rings (SSSR count). The number of halogens is 2. The van der Waals surface area contributed by atoms with Crippen LogP contribution in [0.4, 0.5) is 4.39 Å². The molecular formula is C10H13ClFNO2. The number of hydrogen-bond donors (Lipinski definition) is 2. The summed E-state index contributed by atoms with van der Waals surface area (Å²) >= 11 is 5.65. The van der Waals surface area contributed by atoms with Crippen molar-refractivity contribution in [3.8, 4) is 11.5 Å². The van der Waals surface area contributed by atoms with Gasteiger partial charge in [0.15, 0.2) is 11.5 Å². The summed E-state index contributed by atoms with van der Waals surface area (Å²) in [5, 5.41) is 9.24. The monoisotopic (exact) mass is 233 g/mol. The third-order valence-electron chi connectivity index (χ3n) is 2.08. The van der Waals surface area contributed by atoms with E-state index in [0.29, 0.717) is 24.9 Å². The Hall–Kier alpha value is -1.00. The third-order valence-corrected chi connectivity index (χ3v) is 2.37. The summed E-state index contributed by atoms with van der Waals surface area (Å²) in [6.45, 7) is 0.503. The number of ether oxygens (including phenoxy) is 1. The number of hydrogen-bond acceptors (Lipinski definition) is 3. The average Bonchev–Trinajstić information content (AvgIpc) is 2.23. The number of nitrogens with two attached hydrogens (primary N) is 1. The standard InChI is InChI=1S/C10H13ClFNO2/c1-15-10-6(3-2-4-13)5-7(11)9(14)8(10)12/h5,14H,2-4,13H2,1H3. The van der Waals surface area contributed by atoms with Crippen LogP contribution in [0.15, 0.2) is 6.07 Å². The SMILES string of the molecule is COc1c(CCCN)cc(Cl)c(O)c1F. The number of aryl methyl sites for hydroxylation is 1. The number of phenolic OH excluding ortho intramolecular Hbond substituents is 1. The Balaban J connectivity index is 3.13. The number of rotatable bonds is 4. The second kappa shape index (κ2) is 5.19. The Bertz CT molecular complexity index is 358. The van der Waals surface area contributed by atoms with Gasteiger partial charge in [0.2, 0.25) is 5.82 Å². The molecule has 0 aromatic heterocycles. The zero-order valence-corrected chi connectivity index (χ0v) is 9.14. The Morgan fingerprint density at radius 2 is 2.27 bits per heavy atom. The summed E-state index contributed by atoms with van der Waals surface area (Å²) in [5.74, 6) is -1.37. The Morgan fingerprint density at radius 3 is 2.80 bits per heavy atom. The van der Waals surface area contributed by atoms with Crippen molar-refractivity contribution < 1.29 is 14.2 Å². The summed E-state index contributed by atoms with van der Waals surface area (Å²) in [5.41, 5.74) is 5.97. The second-order valence-electron chi connectivity index (χ2n) is 3.11. The first-order valence-corrected chi connectivity index (χ1v) is 4.93. The molecule has 0 radical (unpaired) electrons. The Labute approximate surface area is 92.6 Å². The van der Waals surface area contributed by atoms with Gasteiger partial charge in [-0.05, 0) is 31.0 Å². The predicted octanol–water partition coefficient (Wildman–Crippen LogP) is 2.08. The van der Waals surface area contributed by atoms with Crippen molar-refractivity contribution in [3.05, 3.63) is 22.5 Å². The van der Waals surface area contributed by atoms with Gasteiger partial charge in [-0.2, -0.15) is 4.39 Å². The van der Waals surface area contributed by atoms with E-state index in [0.717, 1.165) is 0 Å². The van der Waals surface area contributed by atoms with Gasteiger partial charge in [0.1, 0.15) is 0 Å². The van der Waals surface area contributed by atoms with Gasteiger partial charge < -0.3 is 15.6 Å². The molecule has 0 saturated heterocycles. The third kappa shape index (κ3) is 2.52. The molecule has 0 fully saturated rings. The van der Waals surface area contributed by atoms with Crippen LogP contribution >= 0.6 is 11.6 Å². The first-order valence-electron chi connectivity index (χ1n) is 4.55. The van der Waals surface area contributed by atoms with Gasteiger partial charge in [0.05, 0.1) is 12.1 Å². The van der Waals surface area contributed by atoms with E-state index < -0.39 is 11.6 Å². The van der Waals surface area contributed by atoms with Crippen molar-refractivity contribution in [3.63, 3.8) is 0 Å². The first kappa shape index (κ1) is 12.1. The van der Waals surface area contributed by atoms with Crippen molar-refractivity contribution in [1.82, 2.24) is 0 Å². The second-order valence-corrected chi connectivity index (χ2v) is 3.51. The minimum Gasteiger partial charge on any atom is -0.504 e. The minimum atomic E-state index is -0.822. The Morgan fingerprint density at radius 1 is 1.60 bits per heavy atom.